The number of carboxylic acids is 1. The van der Waals surface area contributed by atoms with Crippen LogP contribution in [0.2, 0.25) is 0 Å². The van der Waals surface area contributed by atoms with E-state index >= 15 is 0 Å². The summed E-state index contributed by atoms with van der Waals surface area (Å²) in [7, 11) is 0. The predicted molar refractivity (Wildman–Crippen MR) is 169 cm³/mol. The smallest absolute Gasteiger partial charge is 0.326 e. The summed E-state index contributed by atoms with van der Waals surface area (Å²) in [5.41, 5.74) is 11.6. The highest BCUT2D eigenvalue weighted by Gasteiger charge is 2.34. The number of aliphatic carboxylic acids is 1. The Hall–Kier alpha value is -3.43. The van der Waals surface area contributed by atoms with Crippen LogP contribution in [0.1, 0.15) is 97.8 Å². The Balaban J connectivity index is 3.29. The number of rotatable bonds is 12. The highest BCUT2D eigenvalue weighted by molar-refractivity contribution is 5.95. The molecule has 0 saturated carbocycles. The van der Waals surface area contributed by atoms with Gasteiger partial charge in [0.25, 0.3) is 0 Å². The van der Waals surface area contributed by atoms with Crippen LogP contribution in [0, 0.1) is 11.8 Å². The van der Waals surface area contributed by atoms with Crippen LogP contribution in [0.3, 0.4) is 0 Å². The van der Waals surface area contributed by atoms with Gasteiger partial charge in [0.05, 0.1) is 12.1 Å². The fraction of sp³-hybridized carbons (Fsp3) is 0.774. The molecule has 1 heterocycles. The van der Waals surface area contributed by atoms with Gasteiger partial charge in [0.1, 0.15) is 29.7 Å². The van der Waals surface area contributed by atoms with Gasteiger partial charge in [-0.2, -0.15) is 0 Å². The molecule has 0 aromatic rings. The van der Waals surface area contributed by atoms with Gasteiger partial charge in [0, 0.05) is 38.1 Å². The van der Waals surface area contributed by atoms with E-state index in [2.05, 4.69) is 21.3 Å². The van der Waals surface area contributed by atoms with Crippen LogP contribution in [-0.4, -0.2) is 94.7 Å². The Bertz CT molecular complexity index is 1050. The van der Waals surface area contributed by atoms with Crippen molar-refractivity contribution >= 4 is 41.2 Å². The van der Waals surface area contributed by atoms with Crippen molar-refractivity contribution in [2.75, 3.05) is 13.1 Å². The SMILES string of the molecule is CC(C)[C@H](NC(=O)[C@@H]1CCC(=O)CCCC(=O)NCCCC[C@H](CC(=O)[C@@H](N)CCCCN)C(=O)N[C@@H](C(C)O)C(=O)N1)C(=O)O. The second kappa shape index (κ2) is 21.4. The lowest BCUT2D eigenvalue weighted by molar-refractivity contribution is -0.144. The lowest BCUT2D eigenvalue weighted by Gasteiger charge is -2.27. The van der Waals surface area contributed by atoms with Gasteiger partial charge in [-0.1, -0.05) is 26.7 Å². The number of hydrogen-bond acceptors (Lipinski definition) is 10. The summed E-state index contributed by atoms with van der Waals surface area (Å²) in [6.45, 7) is 5.25. The number of carboxylic acid groups (broad SMARTS) is 1. The molecule has 0 spiro atoms. The first-order valence-corrected chi connectivity index (χ1v) is 16.3. The quantitative estimate of drug-likeness (QED) is 0.123. The van der Waals surface area contributed by atoms with Crippen molar-refractivity contribution in [3.05, 3.63) is 0 Å². The molecule has 1 saturated heterocycles. The molecule has 0 aromatic carbocycles. The van der Waals surface area contributed by atoms with Crippen LogP contribution in [-0.2, 0) is 33.6 Å². The van der Waals surface area contributed by atoms with Crippen molar-refractivity contribution < 1.29 is 43.8 Å². The Morgan fingerprint density at radius 1 is 0.935 bits per heavy atom. The number of aliphatic hydroxyl groups is 1. The van der Waals surface area contributed by atoms with E-state index in [4.69, 9.17) is 11.5 Å². The maximum Gasteiger partial charge on any atom is 0.326 e. The van der Waals surface area contributed by atoms with E-state index in [0.29, 0.717) is 45.2 Å². The first-order valence-electron chi connectivity index (χ1n) is 16.3. The van der Waals surface area contributed by atoms with Gasteiger partial charge < -0.3 is 42.9 Å². The zero-order valence-corrected chi connectivity index (χ0v) is 27.3. The summed E-state index contributed by atoms with van der Waals surface area (Å²) in [5.74, 6) is -5.95. The van der Waals surface area contributed by atoms with E-state index in [0.717, 1.165) is 0 Å². The zero-order chi connectivity index (χ0) is 34.8. The molecule has 4 amide bonds. The number of unbranched alkanes of at least 4 members (excludes halogenated alkanes) is 1. The van der Waals surface area contributed by atoms with Gasteiger partial charge in [0.15, 0.2) is 0 Å². The predicted octanol–water partition coefficient (Wildman–Crippen LogP) is -0.586. The lowest BCUT2D eigenvalue weighted by atomic mass is 9.91. The standard InChI is InChI=1S/C31H54N6O9/c1-18(2)26(31(45)46)36-29(43)23-14-13-21(39)10-8-12-25(41)34-16-7-5-9-20(17-24(40)22(33)11-4-6-15-32)28(42)37-27(19(3)38)30(44)35-23/h18-20,22-23,26-27,38H,4-17,32-33H2,1-3H3,(H,34,41)(H,35,44)(H,36,43)(H,37,42)(H,45,46)/t19?,20-,22+,23+,26+,27+/m1/s1. The normalized spacial score (nSPS) is 23.4. The maximum absolute atomic E-state index is 13.5. The van der Waals surface area contributed by atoms with E-state index in [1.165, 1.54) is 6.92 Å². The topological polar surface area (TPSA) is 260 Å². The molecule has 1 fully saturated rings. The van der Waals surface area contributed by atoms with Crippen LogP contribution in [0.15, 0.2) is 0 Å². The number of aliphatic hydroxyl groups excluding tert-OH is 1. The minimum Gasteiger partial charge on any atom is -0.480 e. The highest BCUT2D eigenvalue weighted by atomic mass is 16.4. The van der Waals surface area contributed by atoms with Crippen LogP contribution >= 0.6 is 0 Å². The number of amides is 4. The number of nitrogens with two attached hydrogens (primary N) is 2. The Labute approximate surface area is 270 Å². The van der Waals surface area contributed by atoms with Crippen molar-refractivity contribution in [1.29, 1.82) is 0 Å². The maximum atomic E-state index is 13.5. The van der Waals surface area contributed by atoms with Crippen molar-refractivity contribution in [2.24, 2.45) is 23.3 Å². The summed E-state index contributed by atoms with van der Waals surface area (Å²) < 4.78 is 0. The van der Waals surface area contributed by atoms with E-state index in [1.54, 1.807) is 13.8 Å². The van der Waals surface area contributed by atoms with E-state index in [1.807, 2.05) is 0 Å². The van der Waals surface area contributed by atoms with E-state index < -0.39 is 65.8 Å². The van der Waals surface area contributed by atoms with Crippen LogP contribution < -0.4 is 32.7 Å². The fourth-order valence-electron chi connectivity index (χ4n) is 5.07. The minimum absolute atomic E-state index is 0.0654. The molecule has 1 rings (SSSR count). The Morgan fingerprint density at radius 3 is 2.24 bits per heavy atom. The van der Waals surface area contributed by atoms with Crippen molar-refractivity contribution in [3.63, 3.8) is 0 Å². The number of nitrogens with one attached hydrogen (secondary N) is 4. The third-order valence-corrected chi connectivity index (χ3v) is 8.00. The largest absolute Gasteiger partial charge is 0.480 e. The summed E-state index contributed by atoms with van der Waals surface area (Å²) in [6.07, 6.45) is 1.45. The molecule has 0 aliphatic carbocycles. The van der Waals surface area contributed by atoms with Crippen LogP contribution in [0.25, 0.3) is 0 Å². The summed E-state index contributed by atoms with van der Waals surface area (Å²) in [4.78, 5) is 89.5. The van der Waals surface area contributed by atoms with Crippen LogP contribution in [0.5, 0.6) is 0 Å². The summed E-state index contributed by atoms with van der Waals surface area (Å²) in [5, 5.41) is 30.1. The molecule has 0 radical (unpaired) electrons. The number of carbonyl (C=O) groups is 7. The van der Waals surface area contributed by atoms with Crippen molar-refractivity contribution in [2.45, 2.75) is 128 Å². The molecule has 6 atom stereocenters. The molecule has 15 heteroatoms. The first-order chi connectivity index (χ1) is 21.7. The van der Waals surface area contributed by atoms with Gasteiger partial charge >= 0.3 is 5.97 Å². The molecule has 0 aromatic heterocycles. The second-order valence-corrected chi connectivity index (χ2v) is 12.4. The number of Topliss-reactive ketones (excluding diaryl/α,β-unsaturated/α-hetero) is 2. The van der Waals surface area contributed by atoms with Gasteiger partial charge in [-0.05, 0) is 57.9 Å². The van der Waals surface area contributed by atoms with Crippen molar-refractivity contribution in [3.8, 4) is 0 Å². The minimum atomic E-state index is -1.53. The Morgan fingerprint density at radius 2 is 1.63 bits per heavy atom. The monoisotopic (exact) mass is 654 g/mol. The third kappa shape index (κ3) is 15.2. The van der Waals surface area contributed by atoms with Gasteiger partial charge in [-0.3, -0.25) is 28.8 Å². The highest BCUT2D eigenvalue weighted by Crippen LogP contribution is 2.17. The molecule has 1 unspecified atom stereocenters. The third-order valence-electron chi connectivity index (χ3n) is 8.00. The molecule has 1 aliphatic rings. The van der Waals surface area contributed by atoms with E-state index in [-0.39, 0.29) is 62.4 Å². The molecule has 262 valence electrons. The lowest BCUT2D eigenvalue weighted by Crippen LogP contribution is -2.59. The van der Waals surface area contributed by atoms with E-state index in [9.17, 15) is 43.8 Å². The molecular formula is C31H54N6O9. The van der Waals surface area contributed by atoms with Gasteiger partial charge in [0.2, 0.25) is 23.6 Å². The average Bonchev–Trinajstić information content (AvgIpc) is 2.98. The van der Waals surface area contributed by atoms with Gasteiger partial charge in [-0.15, -0.1) is 0 Å². The van der Waals surface area contributed by atoms with Crippen LogP contribution in [0.4, 0.5) is 0 Å². The number of hydrogen-bond donors (Lipinski definition) is 8. The fourth-order valence-corrected chi connectivity index (χ4v) is 5.07. The summed E-state index contributed by atoms with van der Waals surface area (Å²) in [6, 6.07) is -4.97. The zero-order valence-electron chi connectivity index (χ0n) is 27.3. The number of ketones is 2. The molecule has 1 aliphatic heterocycles. The molecule has 15 nitrogen and oxygen atoms in total. The van der Waals surface area contributed by atoms with Crippen molar-refractivity contribution in [1.82, 2.24) is 21.3 Å². The second-order valence-electron chi connectivity index (χ2n) is 12.4. The first kappa shape index (κ1) is 40.6. The molecule has 46 heavy (non-hydrogen) atoms. The average molecular weight is 655 g/mol. The number of carbonyl (C=O) groups excluding carboxylic acids is 6. The van der Waals surface area contributed by atoms with Gasteiger partial charge in [-0.25, -0.2) is 4.79 Å². The molecular weight excluding hydrogens is 600 g/mol. The summed E-state index contributed by atoms with van der Waals surface area (Å²) >= 11 is 0. The molecule has 10 N–H and O–H groups in total. The Kier molecular flexibility index (Phi) is 18.9. The molecule has 0 bridgehead atoms.